The van der Waals surface area contributed by atoms with Gasteiger partial charge in [-0.2, -0.15) is 13.2 Å². The van der Waals surface area contributed by atoms with E-state index in [0.29, 0.717) is 17.1 Å². The summed E-state index contributed by atoms with van der Waals surface area (Å²) in [5.41, 5.74) is -0.00141. The molecule has 1 unspecified atom stereocenters. The number of aromatic nitrogens is 2. The highest BCUT2D eigenvalue weighted by atomic mass is 32.2. The van der Waals surface area contributed by atoms with E-state index >= 15 is 0 Å². The van der Waals surface area contributed by atoms with Gasteiger partial charge in [-0.3, -0.25) is 4.21 Å². The van der Waals surface area contributed by atoms with Crippen molar-refractivity contribution in [1.29, 1.82) is 0 Å². The van der Waals surface area contributed by atoms with Gasteiger partial charge in [-0.25, -0.2) is 0 Å². The number of alkyl halides is 3. The van der Waals surface area contributed by atoms with Gasteiger partial charge in [0.2, 0.25) is 0 Å². The van der Waals surface area contributed by atoms with Crippen molar-refractivity contribution in [2.24, 2.45) is 0 Å². The van der Waals surface area contributed by atoms with E-state index in [9.17, 15) is 21.9 Å². The summed E-state index contributed by atoms with van der Waals surface area (Å²) in [5, 5.41) is 14.8. The molecule has 0 aliphatic carbocycles. The van der Waals surface area contributed by atoms with Gasteiger partial charge in [-0.15, -0.1) is 23.0 Å². The van der Waals surface area contributed by atoms with E-state index in [0.717, 1.165) is 38.1 Å². The summed E-state index contributed by atoms with van der Waals surface area (Å²) in [6.07, 6.45) is 5.45. The third-order valence-corrected chi connectivity index (χ3v) is 4.82. The fourth-order valence-corrected chi connectivity index (χ4v) is 3.46. The van der Waals surface area contributed by atoms with E-state index in [1.54, 1.807) is 13.0 Å². The van der Waals surface area contributed by atoms with Crippen LogP contribution >= 0.6 is 0 Å². The molecule has 1 aliphatic rings. The summed E-state index contributed by atoms with van der Waals surface area (Å²) in [5.74, 6) is 0.559. The molecule has 30 heavy (non-hydrogen) atoms. The lowest BCUT2D eigenvalue weighted by molar-refractivity contribution is -0.137. The van der Waals surface area contributed by atoms with Crippen LogP contribution in [-0.4, -0.2) is 38.1 Å². The van der Waals surface area contributed by atoms with Crippen LogP contribution in [0.4, 0.5) is 24.7 Å². The number of benzene rings is 1. The molecule has 0 radical (unpaired) electrons. The van der Waals surface area contributed by atoms with Gasteiger partial charge in [0.1, 0.15) is 5.82 Å². The number of nitrogens with zero attached hydrogens (tertiary/aromatic N) is 2. The first-order valence-electron chi connectivity index (χ1n) is 8.96. The number of nitrogens with one attached hydrogen (secondary N) is 3. The minimum atomic E-state index is -4.60. The number of piperidine rings is 1. The number of terminal acetylenes is 1. The second-order valence-corrected chi connectivity index (χ2v) is 7.22. The Balaban J connectivity index is 0.00000155. The third kappa shape index (κ3) is 6.16. The number of hydrogen-bond acceptors (Lipinski definition) is 6. The summed E-state index contributed by atoms with van der Waals surface area (Å²) in [6, 6.07) is 4.78. The lowest BCUT2D eigenvalue weighted by atomic mass is 10.0. The quantitative estimate of drug-likeness (QED) is 0.488. The Morgan fingerprint density at radius 1 is 1.27 bits per heavy atom. The predicted octanol–water partition coefficient (Wildman–Crippen LogP) is 3.09. The van der Waals surface area contributed by atoms with Gasteiger partial charge in [-0.05, 0) is 50.1 Å². The molecule has 0 amide bonds. The maximum absolute atomic E-state index is 13.0. The zero-order valence-corrected chi connectivity index (χ0v) is 16.9. The summed E-state index contributed by atoms with van der Waals surface area (Å²) in [7, 11) is 0. The molecule has 3 rings (SSSR count). The SMILES string of the molecule is C#C.Cc1cc(N[C@H]2CCCNC2)nnc1-c1ccc(C(F)(F)F)cc1NS(=O)[O-]. The van der Waals surface area contributed by atoms with Crippen molar-refractivity contribution >= 4 is 22.8 Å². The minimum Gasteiger partial charge on any atom is -0.755 e. The molecular formula is C19H21F3N5O2S-. The van der Waals surface area contributed by atoms with Crippen LogP contribution in [0.2, 0.25) is 0 Å². The molecule has 1 fully saturated rings. The van der Waals surface area contributed by atoms with E-state index in [1.807, 2.05) is 4.72 Å². The number of aryl methyl sites for hydroxylation is 1. The molecule has 0 bridgehead atoms. The van der Waals surface area contributed by atoms with Crippen molar-refractivity contribution in [2.75, 3.05) is 23.1 Å². The van der Waals surface area contributed by atoms with Crippen molar-refractivity contribution in [3.8, 4) is 24.1 Å². The van der Waals surface area contributed by atoms with Gasteiger partial charge in [0.25, 0.3) is 0 Å². The second-order valence-electron chi connectivity index (χ2n) is 6.54. The highest BCUT2D eigenvalue weighted by Crippen LogP contribution is 2.36. The lowest BCUT2D eigenvalue weighted by Gasteiger charge is -2.24. The summed E-state index contributed by atoms with van der Waals surface area (Å²) < 4.78 is 63.0. The molecule has 1 aromatic carbocycles. The van der Waals surface area contributed by atoms with Crippen LogP contribution < -0.4 is 15.4 Å². The van der Waals surface area contributed by atoms with Gasteiger partial charge in [0.05, 0.1) is 16.9 Å². The highest BCUT2D eigenvalue weighted by Gasteiger charge is 2.31. The molecule has 1 saturated heterocycles. The zero-order chi connectivity index (χ0) is 22.3. The van der Waals surface area contributed by atoms with Gasteiger partial charge in [0.15, 0.2) is 0 Å². The molecule has 162 valence electrons. The van der Waals surface area contributed by atoms with E-state index < -0.39 is 23.0 Å². The molecule has 2 aromatic rings. The summed E-state index contributed by atoms with van der Waals surface area (Å²) in [4.78, 5) is 0. The van der Waals surface area contributed by atoms with E-state index in [4.69, 9.17) is 0 Å². The van der Waals surface area contributed by atoms with Crippen molar-refractivity contribution in [2.45, 2.75) is 32.0 Å². The summed E-state index contributed by atoms with van der Waals surface area (Å²) >= 11 is -2.79. The maximum atomic E-state index is 13.0. The molecule has 3 N–H and O–H groups in total. The number of anilines is 2. The first-order chi connectivity index (χ1) is 14.2. The average Bonchev–Trinajstić information content (AvgIpc) is 2.70. The van der Waals surface area contributed by atoms with Crippen molar-refractivity contribution in [1.82, 2.24) is 15.5 Å². The van der Waals surface area contributed by atoms with Crippen LogP contribution in [0.3, 0.4) is 0 Å². The molecule has 0 spiro atoms. The van der Waals surface area contributed by atoms with Crippen LogP contribution in [0.5, 0.6) is 0 Å². The Kier molecular flexibility index (Phi) is 8.16. The molecule has 7 nitrogen and oxygen atoms in total. The first kappa shape index (κ1) is 23.6. The number of hydrogen-bond donors (Lipinski definition) is 3. The van der Waals surface area contributed by atoms with Gasteiger partial charge >= 0.3 is 6.18 Å². The molecule has 1 aliphatic heterocycles. The van der Waals surface area contributed by atoms with E-state index in [1.165, 1.54) is 6.07 Å². The Bertz CT molecular complexity index is 915. The van der Waals surface area contributed by atoms with Gasteiger partial charge < -0.3 is 19.9 Å². The Morgan fingerprint density at radius 3 is 2.57 bits per heavy atom. The molecule has 2 heterocycles. The average molecular weight is 440 g/mol. The monoisotopic (exact) mass is 440 g/mol. The van der Waals surface area contributed by atoms with Crippen LogP contribution in [0, 0.1) is 19.8 Å². The van der Waals surface area contributed by atoms with Crippen molar-refractivity contribution < 1.29 is 21.9 Å². The van der Waals surface area contributed by atoms with Crippen LogP contribution in [0.1, 0.15) is 24.0 Å². The van der Waals surface area contributed by atoms with Crippen molar-refractivity contribution in [3.63, 3.8) is 0 Å². The minimum absolute atomic E-state index is 0.210. The zero-order valence-electron chi connectivity index (χ0n) is 16.1. The molecule has 2 atom stereocenters. The fraction of sp³-hybridized carbons (Fsp3) is 0.368. The molecule has 0 saturated carbocycles. The predicted molar refractivity (Wildman–Crippen MR) is 109 cm³/mol. The Labute approximate surface area is 175 Å². The molecule has 1 aromatic heterocycles. The van der Waals surface area contributed by atoms with E-state index in [2.05, 4.69) is 33.7 Å². The Hall–Kier alpha value is -2.68. The molecular weight excluding hydrogens is 419 g/mol. The van der Waals surface area contributed by atoms with Crippen molar-refractivity contribution in [3.05, 3.63) is 35.4 Å². The highest BCUT2D eigenvalue weighted by molar-refractivity contribution is 7.80. The fourth-order valence-electron chi connectivity index (χ4n) is 3.11. The standard InChI is InChI=1S/C17H20F3N5O2S.C2H2/c1-10-7-15(22-12-3-2-6-21-9-12)23-24-16(10)13-5-4-11(17(18,19)20)8-14(13)25-28(26)27;1-2/h4-5,7-8,12,21,25H,2-3,6,9H2,1H3,(H,22,23)(H,26,27);1-2H/p-1/t12-;/m0./s1. The number of halogens is 3. The lowest BCUT2D eigenvalue weighted by Crippen LogP contribution is -2.38. The van der Waals surface area contributed by atoms with Crippen LogP contribution in [0.25, 0.3) is 11.3 Å². The molecule has 11 heteroatoms. The largest absolute Gasteiger partial charge is 0.755 e. The van der Waals surface area contributed by atoms with Crippen LogP contribution in [-0.2, 0) is 17.4 Å². The maximum Gasteiger partial charge on any atom is 0.416 e. The van der Waals surface area contributed by atoms with E-state index in [-0.39, 0.29) is 17.3 Å². The summed E-state index contributed by atoms with van der Waals surface area (Å²) in [6.45, 7) is 3.53. The smallest absolute Gasteiger partial charge is 0.416 e. The topological polar surface area (TPSA) is 102 Å². The second kappa shape index (κ2) is 10.4. The normalized spacial score (nSPS) is 17.4. The van der Waals surface area contributed by atoms with Gasteiger partial charge in [0, 0.05) is 29.4 Å². The Morgan fingerprint density at radius 2 is 2.00 bits per heavy atom. The first-order valence-corrected chi connectivity index (χ1v) is 10.0. The third-order valence-electron chi connectivity index (χ3n) is 4.43. The number of rotatable bonds is 5. The van der Waals surface area contributed by atoms with Crippen LogP contribution in [0.15, 0.2) is 24.3 Å². The van der Waals surface area contributed by atoms with Gasteiger partial charge in [-0.1, -0.05) is 6.07 Å².